The highest BCUT2D eigenvalue weighted by molar-refractivity contribution is 6.31. The van der Waals surface area contributed by atoms with Gasteiger partial charge in [0.05, 0.1) is 18.5 Å². The molecule has 0 saturated heterocycles. The van der Waals surface area contributed by atoms with Gasteiger partial charge in [-0.2, -0.15) is 5.10 Å². The number of aromatic nitrogens is 4. The van der Waals surface area contributed by atoms with Crippen molar-refractivity contribution in [3.05, 3.63) is 53.7 Å². The number of para-hydroxylation sites is 1. The van der Waals surface area contributed by atoms with Crippen LogP contribution in [0.5, 0.6) is 5.75 Å². The van der Waals surface area contributed by atoms with Crippen molar-refractivity contribution < 1.29 is 14.3 Å². The van der Waals surface area contributed by atoms with E-state index in [1.165, 1.54) is 6.33 Å². The fourth-order valence-electron chi connectivity index (χ4n) is 4.23. The molecule has 0 spiro atoms. The quantitative estimate of drug-likeness (QED) is 0.436. The highest BCUT2D eigenvalue weighted by Gasteiger charge is 2.26. The van der Waals surface area contributed by atoms with E-state index < -0.39 is 5.60 Å². The zero-order valence-corrected chi connectivity index (χ0v) is 21.4. The Morgan fingerprint density at radius 2 is 1.91 bits per heavy atom. The van der Waals surface area contributed by atoms with Gasteiger partial charge >= 0.3 is 6.09 Å². The monoisotopic (exact) mass is 497 g/mol. The number of nitrogens with zero attached hydrogens (tertiary/aromatic N) is 4. The van der Waals surface area contributed by atoms with Gasteiger partial charge in [-0.05, 0) is 70.9 Å². The smallest absolute Gasteiger partial charge is 0.407 e. The molecule has 1 saturated carbocycles. The second-order valence-corrected chi connectivity index (χ2v) is 10.3. The van der Waals surface area contributed by atoms with Crippen molar-refractivity contribution in [2.75, 3.05) is 6.61 Å². The Bertz CT molecular complexity index is 1170. The van der Waals surface area contributed by atoms with Crippen LogP contribution in [-0.4, -0.2) is 44.1 Å². The van der Waals surface area contributed by atoms with Crippen LogP contribution in [0.15, 0.2) is 43.0 Å². The van der Waals surface area contributed by atoms with Gasteiger partial charge in [0.15, 0.2) is 10.9 Å². The second kappa shape index (κ2) is 10.6. The number of amides is 1. The summed E-state index contributed by atoms with van der Waals surface area (Å²) in [6.45, 7) is 8.14. The molecule has 186 valence electrons. The summed E-state index contributed by atoms with van der Waals surface area (Å²) in [6, 6.07) is 8.17. The average molecular weight is 498 g/mol. The van der Waals surface area contributed by atoms with Gasteiger partial charge in [-0.15, -0.1) is 0 Å². The summed E-state index contributed by atoms with van der Waals surface area (Å²) in [5, 5.41) is 7.76. The van der Waals surface area contributed by atoms with Gasteiger partial charge in [-0.25, -0.2) is 19.4 Å². The summed E-state index contributed by atoms with van der Waals surface area (Å²) < 4.78 is 13.4. The molecule has 1 fully saturated rings. The number of benzene rings is 1. The van der Waals surface area contributed by atoms with Crippen LogP contribution in [0.25, 0.3) is 16.9 Å². The number of carbonyl (C=O) groups is 1. The van der Waals surface area contributed by atoms with Crippen LogP contribution in [0.4, 0.5) is 4.79 Å². The summed E-state index contributed by atoms with van der Waals surface area (Å²) in [6.07, 6.45) is 8.38. The Hall–Kier alpha value is -3.13. The van der Waals surface area contributed by atoms with Crippen molar-refractivity contribution in [1.82, 2.24) is 25.1 Å². The molecular formula is C26H32ClN5O3. The van der Waals surface area contributed by atoms with Crippen LogP contribution in [0.3, 0.4) is 0 Å². The van der Waals surface area contributed by atoms with Crippen LogP contribution in [0.2, 0.25) is 5.15 Å². The number of rotatable bonds is 6. The van der Waals surface area contributed by atoms with E-state index in [0.717, 1.165) is 42.5 Å². The van der Waals surface area contributed by atoms with Crippen LogP contribution >= 0.6 is 11.6 Å². The Kier molecular flexibility index (Phi) is 7.60. The van der Waals surface area contributed by atoms with Gasteiger partial charge in [-0.3, -0.25) is 0 Å². The molecule has 9 heteroatoms. The lowest BCUT2D eigenvalue weighted by molar-refractivity contribution is 0.0483. The molecule has 1 N–H and O–H groups in total. The summed E-state index contributed by atoms with van der Waals surface area (Å²) in [5.74, 6) is 0.818. The van der Waals surface area contributed by atoms with E-state index in [-0.39, 0.29) is 17.3 Å². The fourth-order valence-corrected chi connectivity index (χ4v) is 4.42. The molecule has 0 bridgehead atoms. The molecule has 1 amide bonds. The van der Waals surface area contributed by atoms with E-state index in [2.05, 4.69) is 20.4 Å². The molecule has 1 aromatic carbocycles. The lowest BCUT2D eigenvalue weighted by atomic mass is 9.86. The number of ether oxygens (including phenoxy) is 2. The molecule has 1 aliphatic carbocycles. The van der Waals surface area contributed by atoms with Crippen molar-refractivity contribution in [3.63, 3.8) is 0 Å². The van der Waals surface area contributed by atoms with Gasteiger partial charge in [0, 0.05) is 17.8 Å². The highest BCUT2D eigenvalue weighted by Crippen LogP contribution is 2.34. The van der Waals surface area contributed by atoms with Gasteiger partial charge in [0.1, 0.15) is 17.6 Å². The SMILES string of the molecule is Cc1ccccc1-n1cc(-c2ncnc(Cl)c2OCC2CCC(NC(=O)OC(C)(C)C)CC2)cn1. The maximum absolute atomic E-state index is 12.0. The molecule has 35 heavy (non-hydrogen) atoms. The van der Waals surface area contributed by atoms with Gasteiger partial charge in [0.2, 0.25) is 0 Å². The first-order valence-electron chi connectivity index (χ1n) is 11.9. The number of carbonyl (C=O) groups excluding carboxylic acids is 1. The zero-order valence-electron chi connectivity index (χ0n) is 20.6. The van der Waals surface area contributed by atoms with Crippen molar-refractivity contribution in [2.24, 2.45) is 5.92 Å². The minimum atomic E-state index is -0.500. The van der Waals surface area contributed by atoms with E-state index in [4.69, 9.17) is 21.1 Å². The number of alkyl carbamates (subject to hydrolysis) is 1. The normalized spacial score (nSPS) is 18.2. The molecule has 0 unspecified atom stereocenters. The second-order valence-electron chi connectivity index (χ2n) is 9.98. The van der Waals surface area contributed by atoms with Crippen LogP contribution in [0.1, 0.15) is 52.0 Å². The van der Waals surface area contributed by atoms with Gasteiger partial charge in [-0.1, -0.05) is 29.8 Å². The maximum Gasteiger partial charge on any atom is 0.407 e. The first-order chi connectivity index (χ1) is 16.7. The standard InChI is InChI=1S/C26H32ClN5O3/c1-17-7-5-6-8-21(17)32-14-19(13-30-32)22-23(24(27)29-16-28-22)34-15-18-9-11-20(12-10-18)31-25(33)35-26(2,3)4/h5-8,13-14,16,18,20H,9-12,15H2,1-4H3,(H,31,33). The van der Waals surface area contributed by atoms with Crippen molar-refractivity contribution in [3.8, 4) is 22.7 Å². The third-order valence-electron chi connectivity index (χ3n) is 6.01. The summed E-state index contributed by atoms with van der Waals surface area (Å²) in [4.78, 5) is 20.6. The lowest BCUT2D eigenvalue weighted by Gasteiger charge is -2.30. The average Bonchev–Trinajstić information content (AvgIpc) is 3.28. The van der Waals surface area contributed by atoms with Gasteiger partial charge in [0.25, 0.3) is 0 Å². The fraction of sp³-hybridized carbons (Fsp3) is 0.462. The number of aryl methyl sites for hydroxylation is 1. The third-order valence-corrected chi connectivity index (χ3v) is 6.28. The Balaban J connectivity index is 1.38. The summed E-state index contributed by atoms with van der Waals surface area (Å²) in [5.41, 5.74) is 3.04. The van der Waals surface area contributed by atoms with E-state index in [1.54, 1.807) is 6.20 Å². The number of halogens is 1. The molecule has 3 aromatic rings. The number of hydrogen-bond acceptors (Lipinski definition) is 6. The van der Waals surface area contributed by atoms with Crippen molar-refractivity contribution in [2.45, 2.75) is 65.0 Å². The predicted octanol–water partition coefficient (Wildman–Crippen LogP) is 5.75. The molecule has 0 radical (unpaired) electrons. The first kappa shape index (κ1) is 25.0. The molecule has 1 aliphatic rings. The number of nitrogens with one attached hydrogen (secondary N) is 1. The van der Waals surface area contributed by atoms with Crippen molar-refractivity contribution in [1.29, 1.82) is 0 Å². The summed E-state index contributed by atoms with van der Waals surface area (Å²) in [7, 11) is 0. The van der Waals surface area contributed by atoms with Crippen LogP contribution in [-0.2, 0) is 4.74 Å². The maximum atomic E-state index is 12.0. The number of hydrogen-bond donors (Lipinski definition) is 1. The molecule has 0 atom stereocenters. The Labute approximate surface area is 211 Å². The topological polar surface area (TPSA) is 91.2 Å². The molecular weight excluding hydrogens is 466 g/mol. The molecule has 8 nitrogen and oxygen atoms in total. The van der Waals surface area contributed by atoms with Crippen molar-refractivity contribution >= 4 is 17.7 Å². The Morgan fingerprint density at radius 1 is 1.17 bits per heavy atom. The first-order valence-corrected chi connectivity index (χ1v) is 12.3. The molecule has 0 aliphatic heterocycles. The minimum Gasteiger partial charge on any atom is -0.488 e. The Morgan fingerprint density at radius 3 is 2.63 bits per heavy atom. The van der Waals surface area contributed by atoms with Gasteiger partial charge < -0.3 is 14.8 Å². The van der Waals surface area contributed by atoms with Crippen LogP contribution < -0.4 is 10.1 Å². The van der Waals surface area contributed by atoms with E-state index >= 15 is 0 Å². The van der Waals surface area contributed by atoms with E-state index in [9.17, 15) is 4.79 Å². The zero-order chi connectivity index (χ0) is 25.0. The van der Waals surface area contributed by atoms with E-state index in [0.29, 0.717) is 24.0 Å². The highest BCUT2D eigenvalue weighted by atomic mass is 35.5. The molecule has 4 rings (SSSR count). The summed E-state index contributed by atoms with van der Waals surface area (Å²) >= 11 is 6.41. The van der Waals surface area contributed by atoms with Crippen LogP contribution in [0, 0.1) is 12.8 Å². The third kappa shape index (κ3) is 6.51. The molecule has 2 heterocycles. The molecule has 2 aromatic heterocycles. The predicted molar refractivity (Wildman–Crippen MR) is 135 cm³/mol. The largest absolute Gasteiger partial charge is 0.488 e. The minimum absolute atomic E-state index is 0.118. The lowest BCUT2D eigenvalue weighted by Crippen LogP contribution is -2.41. The van der Waals surface area contributed by atoms with E-state index in [1.807, 2.05) is 62.8 Å².